The van der Waals surface area contributed by atoms with Crippen molar-refractivity contribution >= 4 is 28.8 Å². The van der Waals surface area contributed by atoms with E-state index in [4.69, 9.17) is 0 Å². The van der Waals surface area contributed by atoms with Gasteiger partial charge in [0.05, 0.1) is 17.9 Å². The van der Waals surface area contributed by atoms with E-state index >= 15 is 0 Å². The molecule has 6 nitrogen and oxygen atoms in total. The van der Waals surface area contributed by atoms with Crippen molar-refractivity contribution in [3.8, 4) is 0 Å². The lowest BCUT2D eigenvalue weighted by Crippen LogP contribution is -2.27. The Bertz CT molecular complexity index is 912. The summed E-state index contributed by atoms with van der Waals surface area (Å²) in [6.45, 7) is 1.80. The summed E-state index contributed by atoms with van der Waals surface area (Å²) >= 11 is 1.21. The second-order valence-electron chi connectivity index (χ2n) is 5.45. The van der Waals surface area contributed by atoms with Crippen LogP contribution in [-0.2, 0) is 0 Å². The Balaban J connectivity index is 1.70. The van der Waals surface area contributed by atoms with Gasteiger partial charge in [-0.2, -0.15) is 0 Å². The van der Waals surface area contributed by atoms with E-state index in [1.807, 2.05) is 0 Å². The molecule has 1 atom stereocenters. The molecule has 2 aromatic heterocycles. The predicted octanol–water partition coefficient (Wildman–Crippen LogP) is 3.42. The lowest BCUT2D eigenvalue weighted by molar-refractivity contribution is 0.0945. The number of nitrogens with zero attached hydrogens (tertiary/aromatic N) is 2. The van der Waals surface area contributed by atoms with Crippen molar-refractivity contribution in [2.75, 3.05) is 5.32 Å². The van der Waals surface area contributed by atoms with Crippen LogP contribution in [0.25, 0.3) is 0 Å². The Morgan fingerprint density at radius 1 is 1.12 bits per heavy atom. The molecule has 0 aliphatic rings. The molecule has 0 bridgehead atoms. The van der Waals surface area contributed by atoms with Crippen molar-refractivity contribution < 1.29 is 14.0 Å². The van der Waals surface area contributed by atoms with Crippen LogP contribution in [0.3, 0.4) is 0 Å². The highest BCUT2D eigenvalue weighted by molar-refractivity contribution is 7.12. The van der Waals surface area contributed by atoms with Crippen LogP contribution in [-0.4, -0.2) is 21.8 Å². The van der Waals surface area contributed by atoms with Crippen LogP contribution in [0.2, 0.25) is 0 Å². The van der Waals surface area contributed by atoms with E-state index < -0.39 is 5.91 Å². The summed E-state index contributed by atoms with van der Waals surface area (Å²) in [5.41, 5.74) is 1.33. The van der Waals surface area contributed by atoms with Crippen LogP contribution >= 0.6 is 11.3 Å². The predicted molar refractivity (Wildman–Crippen MR) is 96.6 cm³/mol. The fourth-order valence-electron chi connectivity index (χ4n) is 2.28. The molecule has 3 rings (SSSR count). The summed E-state index contributed by atoms with van der Waals surface area (Å²) < 4.78 is 13.0. The molecule has 3 aromatic rings. The van der Waals surface area contributed by atoms with Crippen LogP contribution in [0.1, 0.15) is 38.7 Å². The number of hydrogen-bond acceptors (Lipinski definition) is 5. The van der Waals surface area contributed by atoms with E-state index in [0.29, 0.717) is 10.6 Å². The van der Waals surface area contributed by atoms with Crippen molar-refractivity contribution in [3.05, 3.63) is 76.3 Å². The summed E-state index contributed by atoms with van der Waals surface area (Å²) in [5, 5.41) is 7.22. The number of thiophene rings is 1. The number of carbonyl (C=O) groups is 2. The van der Waals surface area contributed by atoms with Crippen LogP contribution in [0, 0.1) is 5.82 Å². The van der Waals surface area contributed by atoms with Crippen molar-refractivity contribution in [2.45, 2.75) is 13.0 Å². The van der Waals surface area contributed by atoms with E-state index in [0.717, 1.165) is 5.56 Å². The van der Waals surface area contributed by atoms with Gasteiger partial charge in [0.25, 0.3) is 11.8 Å². The summed E-state index contributed by atoms with van der Waals surface area (Å²) in [7, 11) is 0. The maximum atomic E-state index is 13.0. The van der Waals surface area contributed by atoms with Crippen LogP contribution < -0.4 is 10.6 Å². The number of amides is 2. The van der Waals surface area contributed by atoms with Crippen molar-refractivity contribution in [2.24, 2.45) is 0 Å². The molecule has 0 saturated heterocycles. The summed E-state index contributed by atoms with van der Waals surface area (Å²) in [6.07, 6.45) is 4.23. The quantitative estimate of drug-likeness (QED) is 0.721. The molecule has 2 amide bonds. The topological polar surface area (TPSA) is 84.0 Å². The van der Waals surface area contributed by atoms with Gasteiger partial charge in [0.1, 0.15) is 16.4 Å². The van der Waals surface area contributed by atoms with E-state index in [1.165, 1.54) is 42.1 Å². The van der Waals surface area contributed by atoms with E-state index in [2.05, 4.69) is 20.6 Å². The fourth-order valence-corrected chi connectivity index (χ4v) is 3.04. The highest BCUT2D eigenvalue weighted by Gasteiger charge is 2.18. The monoisotopic (exact) mass is 370 g/mol. The van der Waals surface area contributed by atoms with Crippen LogP contribution in [0.5, 0.6) is 0 Å². The van der Waals surface area contributed by atoms with Gasteiger partial charge < -0.3 is 10.6 Å². The largest absolute Gasteiger partial charge is 0.345 e. The Kier molecular flexibility index (Phi) is 5.33. The molecule has 0 aliphatic carbocycles. The molecular formula is C18H15FN4O2S. The normalized spacial score (nSPS) is 11.6. The maximum absolute atomic E-state index is 13.0. The Morgan fingerprint density at radius 3 is 2.58 bits per heavy atom. The smallest absolute Gasteiger partial charge is 0.275 e. The number of anilines is 1. The van der Waals surface area contributed by atoms with Crippen molar-refractivity contribution in [3.63, 3.8) is 0 Å². The second-order valence-corrected chi connectivity index (χ2v) is 6.37. The SMILES string of the molecule is C[C@H](NC(=O)c1sccc1NC(=O)c1cnccn1)c1ccc(F)cc1. The summed E-state index contributed by atoms with van der Waals surface area (Å²) in [6, 6.07) is 7.26. The molecule has 0 radical (unpaired) electrons. The van der Waals surface area contributed by atoms with Gasteiger partial charge in [-0.05, 0) is 36.1 Å². The molecule has 2 heterocycles. The fraction of sp³-hybridized carbons (Fsp3) is 0.111. The molecule has 0 fully saturated rings. The summed E-state index contributed by atoms with van der Waals surface area (Å²) in [4.78, 5) is 32.9. The Hall–Kier alpha value is -3.13. The molecule has 8 heteroatoms. The standard InChI is InChI=1S/C18H15FN4O2S/c1-11(12-2-4-13(19)5-3-12)22-18(25)16-14(6-9-26-16)23-17(24)15-10-20-7-8-21-15/h2-11H,1H3,(H,22,25)(H,23,24)/t11-/m0/s1. The number of aromatic nitrogens is 2. The Labute approximate surface area is 153 Å². The number of carbonyl (C=O) groups excluding carboxylic acids is 2. The molecular weight excluding hydrogens is 355 g/mol. The molecule has 0 spiro atoms. The highest BCUT2D eigenvalue weighted by Crippen LogP contribution is 2.24. The van der Waals surface area contributed by atoms with Gasteiger partial charge in [-0.25, -0.2) is 9.37 Å². The van der Waals surface area contributed by atoms with Gasteiger partial charge in [0, 0.05) is 12.4 Å². The molecule has 0 unspecified atom stereocenters. The second kappa shape index (κ2) is 7.83. The minimum Gasteiger partial charge on any atom is -0.345 e. The zero-order valence-corrected chi connectivity index (χ0v) is 14.6. The van der Waals surface area contributed by atoms with Crippen molar-refractivity contribution in [1.82, 2.24) is 15.3 Å². The number of hydrogen-bond donors (Lipinski definition) is 2. The van der Waals surface area contributed by atoms with Gasteiger partial charge in [-0.15, -0.1) is 11.3 Å². The van der Waals surface area contributed by atoms with Crippen LogP contribution in [0.15, 0.2) is 54.3 Å². The van der Waals surface area contributed by atoms with Gasteiger partial charge in [0.15, 0.2) is 0 Å². The first-order valence-corrected chi connectivity index (χ1v) is 8.63. The first kappa shape index (κ1) is 17.7. The lowest BCUT2D eigenvalue weighted by atomic mass is 10.1. The van der Waals surface area contributed by atoms with Gasteiger partial charge in [-0.3, -0.25) is 14.6 Å². The average molecular weight is 370 g/mol. The number of rotatable bonds is 5. The summed E-state index contributed by atoms with van der Waals surface area (Å²) in [5.74, 6) is -1.11. The highest BCUT2D eigenvalue weighted by atomic mass is 32.1. The maximum Gasteiger partial charge on any atom is 0.275 e. The third-order valence-corrected chi connectivity index (χ3v) is 4.55. The molecule has 132 valence electrons. The number of benzene rings is 1. The minimum atomic E-state index is -0.447. The lowest BCUT2D eigenvalue weighted by Gasteiger charge is -2.14. The first-order chi connectivity index (χ1) is 12.5. The van der Waals surface area contributed by atoms with E-state index in [9.17, 15) is 14.0 Å². The van der Waals surface area contributed by atoms with Crippen LogP contribution in [0.4, 0.5) is 10.1 Å². The average Bonchev–Trinajstić information content (AvgIpc) is 3.11. The van der Waals surface area contributed by atoms with Gasteiger partial charge >= 0.3 is 0 Å². The van der Waals surface area contributed by atoms with E-state index in [-0.39, 0.29) is 23.5 Å². The third-order valence-electron chi connectivity index (χ3n) is 3.63. The third kappa shape index (κ3) is 4.09. The van der Waals surface area contributed by atoms with Gasteiger partial charge in [0.2, 0.25) is 0 Å². The number of halogens is 1. The Morgan fingerprint density at radius 2 is 1.88 bits per heavy atom. The zero-order chi connectivity index (χ0) is 18.5. The molecule has 0 aliphatic heterocycles. The van der Waals surface area contributed by atoms with Gasteiger partial charge in [-0.1, -0.05) is 12.1 Å². The van der Waals surface area contributed by atoms with E-state index in [1.54, 1.807) is 30.5 Å². The first-order valence-electron chi connectivity index (χ1n) is 7.76. The zero-order valence-electron chi connectivity index (χ0n) is 13.8. The number of nitrogens with one attached hydrogen (secondary N) is 2. The molecule has 26 heavy (non-hydrogen) atoms. The van der Waals surface area contributed by atoms with Crippen molar-refractivity contribution in [1.29, 1.82) is 0 Å². The molecule has 1 aromatic carbocycles. The molecule has 2 N–H and O–H groups in total. The minimum absolute atomic E-state index is 0.157. The molecule has 0 saturated carbocycles.